The van der Waals surface area contributed by atoms with Gasteiger partial charge in [-0.25, -0.2) is 0 Å². The number of anilines is 1. The zero-order valence-corrected chi connectivity index (χ0v) is 20.5. The van der Waals surface area contributed by atoms with Crippen molar-refractivity contribution in [2.75, 3.05) is 38.2 Å². The number of likely N-dealkylation sites (tertiary alicyclic amines) is 1. The van der Waals surface area contributed by atoms with Gasteiger partial charge < -0.3 is 14.5 Å². The molecule has 3 heterocycles. The number of nitrogens with zero attached hydrogens (tertiary/aromatic N) is 4. The van der Waals surface area contributed by atoms with Crippen molar-refractivity contribution in [3.8, 4) is 17.0 Å². The van der Waals surface area contributed by atoms with Crippen LogP contribution in [0.4, 0.5) is 5.82 Å². The summed E-state index contributed by atoms with van der Waals surface area (Å²) in [5, 5.41) is 8.91. The van der Waals surface area contributed by atoms with Crippen molar-refractivity contribution < 1.29 is 9.53 Å². The third-order valence-corrected chi connectivity index (χ3v) is 7.50. The first-order valence-electron chi connectivity index (χ1n) is 12.8. The molecule has 0 spiro atoms. The maximum atomic E-state index is 13.2. The third-order valence-electron chi connectivity index (χ3n) is 7.50. The zero-order valence-electron chi connectivity index (χ0n) is 20.5. The van der Waals surface area contributed by atoms with Gasteiger partial charge in [-0.1, -0.05) is 30.3 Å². The van der Waals surface area contributed by atoms with Gasteiger partial charge in [-0.3, -0.25) is 4.79 Å². The summed E-state index contributed by atoms with van der Waals surface area (Å²) in [6, 6.07) is 22.6. The Hall–Kier alpha value is -3.41. The number of methoxy groups -OCH3 is 1. The molecule has 35 heavy (non-hydrogen) atoms. The largest absolute Gasteiger partial charge is 0.497 e. The van der Waals surface area contributed by atoms with Gasteiger partial charge in [0.1, 0.15) is 5.75 Å². The summed E-state index contributed by atoms with van der Waals surface area (Å²) in [4.78, 5) is 17.5. The van der Waals surface area contributed by atoms with Crippen LogP contribution in [0.1, 0.15) is 31.2 Å². The van der Waals surface area contributed by atoms with E-state index in [4.69, 9.17) is 4.74 Å². The van der Waals surface area contributed by atoms with Crippen LogP contribution in [0.25, 0.3) is 11.3 Å². The average molecular weight is 471 g/mol. The van der Waals surface area contributed by atoms with Gasteiger partial charge >= 0.3 is 0 Å². The maximum absolute atomic E-state index is 13.2. The number of ether oxygens (including phenoxy) is 1. The number of carbonyl (C=O) groups excluding carboxylic acids is 1. The van der Waals surface area contributed by atoms with E-state index >= 15 is 0 Å². The summed E-state index contributed by atoms with van der Waals surface area (Å²) in [7, 11) is 1.66. The molecule has 6 nitrogen and oxygen atoms in total. The van der Waals surface area contributed by atoms with Crippen molar-refractivity contribution >= 4 is 11.7 Å². The number of hydrogen-bond donors (Lipinski definition) is 0. The van der Waals surface area contributed by atoms with Gasteiger partial charge in [0.05, 0.1) is 12.8 Å². The van der Waals surface area contributed by atoms with Crippen LogP contribution in [0.15, 0.2) is 66.7 Å². The summed E-state index contributed by atoms with van der Waals surface area (Å²) >= 11 is 0. The summed E-state index contributed by atoms with van der Waals surface area (Å²) in [5.41, 5.74) is 3.27. The highest BCUT2D eigenvalue weighted by Crippen LogP contribution is 2.28. The Morgan fingerprint density at radius 1 is 0.857 bits per heavy atom. The molecule has 0 aliphatic carbocycles. The molecule has 2 aromatic carbocycles. The van der Waals surface area contributed by atoms with Crippen LogP contribution in [0.3, 0.4) is 0 Å². The highest BCUT2D eigenvalue weighted by atomic mass is 16.5. The molecular weight excluding hydrogens is 436 g/mol. The lowest BCUT2D eigenvalue weighted by molar-refractivity contribution is -0.137. The molecule has 2 fully saturated rings. The molecule has 0 saturated carbocycles. The fourth-order valence-corrected chi connectivity index (χ4v) is 5.33. The quantitative estimate of drug-likeness (QED) is 0.515. The number of carbonyl (C=O) groups is 1. The second-order valence-corrected chi connectivity index (χ2v) is 9.72. The molecule has 2 aliphatic rings. The lowest BCUT2D eigenvalue weighted by Crippen LogP contribution is -2.45. The van der Waals surface area contributed by atoms with E-state index in [0.717, 1.165) is 81.1 Å². The SMILES string of the molecule is COc1ccc(-c2ccc(N3CCC(C(=O)N4CCC(Cc5ccccc5)CC4)CC3)nn2)cc1. The van der Waals surface area contributed by atoms with Gasteiger partial charge in [0.15, 0.2) is 5.82 Å². The van der Waals surface area contributed by atoms with Crippen molar-refractivity contribution in [1.82, 2.24) is 15.1 Å². The molecule has 1 amide bonds. The third kappa shape index (κ3) is 5.64. The predicted molar refractivity (Wildman–Crippen MR) is 138 cm³/mol. The minimum atomic E-state index is 0.128. The number of rotatable bonds is 6. The Bertz CT molecular complexity index is 1090. The first kappa shape index (κ1) is 23.3. The van der Waals surface area contributed by atoms with E-state index in [-0.39, 0.29) is 5.92 Å². The smallest absolute Gasteiger partial charge is 0.225 e. The second-order valence-electron chi connectivity index (χ2n) is 9.72. The summed E-state index contributed by atoms with van der Waals surface area (Å²) in [6.07, 6.45) is 5.10. The van der Waals surface area contributed by atoms with Gasteiger partial charge in [-0.05, 0) is 80.0 Å². The van der Waals surface area contributed by atoms with E-state index in [0.29, 0.717) is 11.8 Å². The van der Waals surface area contributed by atoms with E-state index in [1.54, 1.807) is 7.11 Å². The standard InChI is InChI=1S/C29H34N4O2/c1-35-26-9-7-24(8-10-26)27-11-12-28(31-30-27)32-19-15-25(16-20-32)29(34)33-17-13-23(14-18-33)21-22-5-3-2-4-6-22/h2-12,23,25H,13-21H2,1H3. The molecule has 182 valence electrons. The van der Waals surface area contributed by atoms with Crippen LogP contribution in [-0.4, -0.2) is 54.3 Å². The lowest BCUT2D eigenvalue weighted by atomic mass is 9.88. The molecule has 5 rings (SSSR count). The van der Waals surface area contributed by atoms with Crippen molar-refractivity contribution in [3.05, 3.63) is 72.3 Å². The first-order valence-corrected chi connectivity index (χ1v) is 12.8. The first-order chi connectivity index (χ1) is 17.2. The summed E-state index contributed by atoms with van der Waals surface area (Å²) < 4.78 is 5.22. The molecule has 2 aliphatic heterocycles. The van der Waals surface area contributed by atoms with Crippen LogP contribution in [0.2, 0.25) is 0 Å². The van der Waals surface area contributed by atoms with E-state index in [1.807, 2.05) is 36.4 Å². The number of hydrogen-bond acceptors (Lipinski definition) is 5. The van der Waals surface area contributed by atoms with Crippen molar-refractivity contribution in [2.45, 2.75) is 32.1 Å². The molecular formula is C29H34N4O2. The van der Waals surface area contributed by atoms with Gasteiger partial charge in [0.2, 0.25) is 5.91 Å². The molecule has 3 aromatic rings. The zero-order chi connectivity index (χ0) is 24.0. The molecule has 0 N–H and O–H groups in total. The number of benzene rings is 2. The fourth-order valence-electron chi connectivity index (χ4n) is 5.33. The van der Waals surface area contributed by atoms with E-state index in [9.17, 15) is 4.79 Å². The van der Waals surface area contributed by atoms with Gasteiger partial charge in [-0.2, -0.15) is 0 Å². The number of aromatic nitrogens is 2. The highest BCUT2D eigenvalue weighted by molar-refractivity contribution is 5.79. The minimum absolute atomic E-state index is 0.128. The Morgan fingerprint density at radius 3 is 2.20 bits per heavy atom. The average Bonchev–Trinajstić information content (AvgIpc) is 2.94. The Balaban J connectivity index is 1.09. The van der Waals surface area contributed by atoms with Gasteiger partial charge in [-0.15, -0.1) is 10.2 Å². The summed E-state index contributed by atoms with van der Waals surface area (Å²) in [6.45, 7) is 3.48. The molecule has 0 atom stereocenters. The minimum Gasteiger partial charge on any atom is -0.497 e. The monoisotopic (exact) mass is 470 g/mol. The van der Waals surface area contributed by atoms with Crippen LogP contribution in [0, 0.1) is 11.8 Å². The second kappa shape index (κ2) is 10.9. The van der Waals surface area contributed by atoms with Gasteiger partial charge in [0.25, 0.3) is 0 Å². The van der Waals surface area contributed by atoms with E-state index in [1.165, 1.54) is 5.56 Å². The van der Waals surface area contributed by atoms with Crippen LogP contribution >= 0.6 is 0 Å². The Morgan fingerprint density at radius 2 is 1.57 bits per heavy atom. The number of amides is 1. The molecule has 1 aromatic heterocycles. The maximum Gasteiger partial charge on any atom is 0.225 e. The molecule has 0 unspecified atom stereocenters. The van der Waals surface area contributed by atoms with Crippen molar-refractivity contribution in [2.24, 2.45) is 11.8 Å². The fraction of sp³-hybridized carbons (Fsp3) is 0.414. The van der Waals surface area contributed by atoms with E-state index < -0.39 is 0 Å². The topological polar surface area (TPSA) is 58.6 Å². The molecule has 2 saturated heterocycles. The highest BCUT2D eigenvalue weighted by Gasteiger charge is 2.31. The Labute approximate surface area is 207 Å². The molecule has 0 radical (unpaired) electrons. The molecule has 6 heteroatoms. The normalized spacial score (nSPS) is 17.4. The van der Waals surface area contributed by atoms with Crippen LogP contribution in [0.5, 0.6) is 5.75 Å². The summed E-state index contributed by atoms with van der Waals surface area (Å²) in [5.74, 6) is 2.87. The van der Waals surface area contributed by atoms with Crippen molar-refractivity contribution in [1.29, 1.82) is 0 Å². The van der Waals surface area contributed by atoms with Gasteiger partial charge in [0, 0.05) is 37.7 Å². The van der Waals surface area contributed by atoms with Crippen LogP contribution < -0.4 is 9.64 Å². The predicted octanol–water partition coefficient (Wildman–Crippen LogP) is 4.85. The number of piperidine rings is 2. The molecule has 0 bridgehead atoms. The van der Waals surface area contributed by atoms with Crippen LogP contribution in [-0.2, 0) is 11.2 Å². The van der Waals surface area contributed by atoms with E-state index in [2.05, 4.69) is 50.3 Å². The Kier molecular flexibility index (Phi) is 7.26. The lowest BCUT2D eigenvalue weighted by Gasteiger charge is -2.37. The van der Waals surface area contributed by atoms with Crippen molar-refractivity contribution in [3.63, 3.8) is 0 Å².